The average Bonchev–Trinajstić information content (AvgIpc) is 3.32. The highest BCUT2D eigenvalue weighted by Crippen LogP contribution is 2.29. The highest BCUT2D eigenvalue weighted by atomic mass is 16.6. The lowest BCUT2D eigenvalue weighted by atomic mass is 10.1. The molecule has 0 N–H and O–H groups in total. The van der Waals surface area contributed by atoms with Gasteiger partial charge in [0.05, 0.1) is 25.3 Å². The fourth-order valence-corrected chi connectivity index (χ4v) is 3.93. The van der Waals surface area contributed by atoms with E-state index in [-0.39, 0.29) is 6.61 Å². The van der Waals surface area contributed by atoms with Crippen molar-refractivity contribution in [2.45, 2.75) is 47.8 Å². The van der Waals surface area contributed by atoms with Gasteiger partial charge in [-0.25, -0.2) is 14.5 Å². The van der Waals surface area contributed by atoms with E-state index in [1.54, 1.807) is 25.1 Å². The Bertz CT molecular complexity index is 1340. The molecule has 0 amide bonds. The summed E-state index contributed by atoms with van der Waals surface area (Å²) in [5.74, 6) is 2.36. The lowest BCUT2D eigenvalue weighted by molar-refractivity contribution is 0.125. The summed E-state index contributed by atoms with van der Waals surface area (Å²) in [6.45, 7) is 11.6. The lowest BCUT2D eigenvalue weighted by Gasteiger charge is -2.10. The van der Waals surface area contributed by atoms with Crippen molar-refractivity contribution >= 4 is 22.4 Å². The van der Waals surface area contributed by atoms with Crippen molar-refractivity contribution in [3.63, 3.8) is 0 Å². The molecule has 3 aromatic heterocycles. The standard InChI is InChI=1S/C24H30N6O3/c1-14(2)11-29-17(5)15(3)22-23(29)25-13-30-24(22)26-21(27-30)12-33-28-16(4)18-8-9-19(31-6)20(10-18)32-7/h8-10,13-14H,11-12H2,1-7H3. The summed E-state index contributed by atoms with van der Waals surface area (Å²) in [7, 11) is 3.21. The molecule has 3 heterocycles. The van der Waals surface area contributed by atoms with E-state index in [2.05, 4.69) is 47.5 Å². The van der Waals surface area contributed by atoms with Gasteiger partial charge in [-0.3, -0.25) is 0 Å². The number of nitrogens with zero attached hydrogens (tertiary/aromatic N) is 6. The SMILES string of the molecule is COc1ccc(C(C)=NOCc2nc3c4c(C)c(C)n(CC(C)C)c4ncn3n2)cc1OC. The third kappa shape index (κ3) is 4.22. The summed E-state index contributed by atoms with van der Waals surface area (Å²) in [4.78, 5) is 15.0. The molecule has 0 aliphatic rings. The van der Waals surface area contributed by atoms with Crippen LogP contribution in [-0.2, 0) is 18.0 Å². The van der Waals surface area contributed by atoms with Crippen molar-refractivity contribution in [1.29, 1.82) is 0 Å². The first-order chi connectivity index (χ1) is 15.8. The Morgan fingerprint density at radius 2 is 1.85 bits per heavy atom. The van der Waals surface area contributed by atoms with Crippen molar-refractivity contribution < 1.29 is 14.3 Å². The molecule has 9 nitrogen and oxygen atoms in total. The van der Waals surface area contributed by atoms with Crippen molar-refractivity contribution in [2.24, 2.45) is 11.1 Å². The molecule has 174 valence electrons. The normalized spacial score (nSPS) is 12.2. The Balaban J connectivity index is 1.58. The molecule has 0 spiro atoms. The Kier molecular flexibility index (Phi) is 6.22. The number of hydrogen-bond donors (Lipinski definition) is 0. The molecule has 0 saturated heterocycles. The van der Waals surface area contributed by atoms with Gasteiger partial charge in [0.2, 0.25) is 0 Å². The molecule has 9 heteroatoms. The third-order valence-corrected chi connectivity index (χ3v) is 5.73. The molecule has 0 unspecified atom stereocenters. The Morgan fingerprint density at radius 1 is 1.09 bits per heavy atom. The zero-order valence-corrected chi connectivity index (χ0v) is 20.2. The maximum Gasteiger partial charge on any atom is 0.192 e. The van der Waals surface area contributed by atoms with Crippen LogP contribution >= 0.6 is 0 Å². The van der Waals surface area contributed by atoms with Crippen LogP contribution in [0.1, 0.15) is 43.4 Å². The van der Waals surface area contributed by atoms with Crippen LogP contribution < -0.4 is 9.47 Å². The molecular weight excluding hydrogens is 420 g/mol. The molecule has 0 atom stereocenters. The highest BCUT2D eigenvalue weighted by molar-refractivity contribution is 5.99. The van der Waals surface area contributed by atoms with Crippen LogP contribution in [0.4, 0.5) is 0 Å². The van der Waals surface area contributed by atoms with Gasteiger partial charge < -0.3 is 18.9 Å². The number of fused-ring (bicyclic) bond motifs is 3. The average molecular weight is 451 g/mol. The smallest absolute Gasteiger partial charge is 0.192 e. The first kappa shape index (κ1) is 22.6. The number of methoxy groups -OCH3 is 2. The van der Waals surface area contributed by atoms with E-state index in [4.69, 9.17) is 19.3 Å². The summed E-state index contributed by atoms with van der Waals surface area (Å²) in [5.41, 5.74) is 5.68. The second-order valence-electron chi connectivity index (χ2n) is 8.47. The maximum absolute atomic E-state index is 5.57. The predicted molar refractivity (Wildman–Crippen MR) is 127 cm³/mol. The Morgan fingerprint density at radius 3 is 2.55 bits per heavy atom. The molecule has 0 fully saturated rings. The fraction of sp³-hybridized carbons (Fsp3) is 0.417. The topological polar surface area (TPSA) is 88.1 Å². The second-order valence-corrected chi connectivity index (χ2v) is 8.47. The molecule has 0 bridgehead atoms. The molecule has 0 saturated carbocycles. The summed E-state index contributed by atoms with van der Waals surface area (Å²) >= 11 is 0. The van der Waals surface area contributed by atoms with E-state index in [1.165, 1.54) is 11.3 Å². The number of aromatic nitrogens is 5. The number of aryl methyl sites for hydroxylation is 1. The van der Waals surface area contributed by atoms with Gasteiger partial charge in [-0.2, -0.15) is 0 Å². The summed E-state index contributed by atoms with van der Waals surface area (Å²) in [6.07, 6.45) is 1.71. The molecule has 0 aliphatic carbocycles. The van der Waals surface area contributed by atoms with Gasteiger partial charge >= 0.3 is 0 Å². The van der Waals surface area contributed by atoms with E-state index in [0.717, 1.165) is 28.8 Å². The number of oxime groups is 1. The molecule has 4 aromatic rings. The van der Waals surface area contributed by atoms with Crippen LogP contribution in [0, 0.1) is 19.8 Å². The predicted octanol–water partition coefficient (Wildman–Crippen LogP) is 4.31. The Hall–Kier alpha value is -3.62. The van der Waals surface area contributed by atoms with E-state index in [0.29, 0.717) is 29.0 Å². The van der Waals surface area contributed by atoms with E-state index >= 15 is 0 Å². The highest BCUT2D eigenvalue weighted by Gasteiger charge is 2.18. The van der Waals surface area contributed by atoms with Gasteiger partial charge in [0.15, 0.2) is 29.6 Å². The minimum absolute atomic E-state index is 0.151. The fourth-order valence-electron chi connectivity index (χ4n) is 3.93. The van der Waals surface area contributed by atoms with Gasteiger partial charge in [0, 0.05) is 17.8 Å². The van der Waals surface area contributed by atoms with Gasteiger partial charge in [-0.1, -0.05) is 19.0 Å². The lowest BCUT2D eigenvalue weighted by Crippen LogP contribution is -2.07. The minimum Gasteiger partial charge on any atom is -0.493 e. The molecule has 0 aliphatic heterocycles. The Labute approximate surface area is 193 Å². The number of ether oxygens (including phenoxy) is 2. The van der Waals surface area contributed by atoms with Crippen molar-refractivity contribution in [1.82, 2.24) is 24.1 Å². The molecule has 1 aromatic carbocycles. The minimum atomic E-state index is 0.151. The van der Waals surface area contributed by atoms with E-state index < -0.39 is 0 Å². The number of benzene rings is 1. The number of hydrogen-bond acceptors (Lipinski definition) is 7. The summed E-state index contributed by atoms with van der Waals surface area (Å²) in [5, 5.41) is 9.79. The quantitative estimate of drug-likeness (QED) is 0.294. The largest absolute Gasteiger partial charge is 0.493 e. The van der Waals surface area contributed by atoms with Crippen LogP contribution in [0.3, 0.4) is 0 Å². The van der Waals surface area contributed by atoms with Crippen molar-refractivity contribution in [2.75, 3.05) is 14.2 Å². The molecular formula is C24H30N6O3. The van der Waals surface area contributed by atoms with Crippen LogP contribution in [0.2, 0.25) is 0 Å². The van der Waals surface area contributed by atoms with Crippen LogP contribution in [0.25, 0.3) is 16.7 Å². The maximum atomic E-state index is 5.57. The van der Waals surface area contributed by atoms with Crippen LogP contribution in [0.5, 0.6) is 11.5 Å². The summed E-state index contributed by atoms with van der Waals surface area (Å²) in [6, 6.07) is 5.60. The van der Waals surface area contributed by atoms with Crippen molar-refractivity contribution in [3.05, 3.63) is 47.2 Å². The monoisotopic (exact) mass is 450 g/mol. The van der Waals surface area contributed by atoms with E-state index in [9.17, 15) is 0 Å². The van der Waals surface area contributed by atoms with Gasteiger partial charge in [-0.05, 0) is 50.5 Å². The van der Waals surface area contributed by atoms with Gasteiger partial charge in [-0.15, -0.1) is 5.10 Å². The first-order valence-corrected chi connectivity index (χ1v) is 10.9. The van der Waals surface area contributed by atoms with Crippen LogP contribution in [0.15, 0.2) is 29.7 Å². The van der Waals surface area contributed by atoms with Gasteiger partial charge in [0.25, 0.3) is 0 Å². The molecule has 33 heavy (non-hydrogen) atoms. The van der Waals surface area contributed by atoms with Crippen molar-refractivity contribution in [3.8, 4) is 11.5 Å². The second kappa shape index (κ2) is 9.09. The zero-order valence-electron chi connectivity index (χ0n) is 20.2. The molecule has 4 rings (SSSR count). The first-order valence-electron chi connectivity index (χ1n) is 10.9. The van der Waals surface area contributed by atoms with Gasteiger partial charge in [0.1, 0.15) is 12.0 Å². The third-order valence-electron chi connectivity index (χ3n) is 5.73. The van der Waals surface area contributed by atoms with Crippen LogP contribution in [-0.4, -0.2) is 44.1 Å². The molecule has 0 radical (unpaired) electrons. The number of rotatable bonds is 8. The van der Waals surface area contributed by atoms with E-state index in [1.807, 2.05) is 25.1 Å². The summed E-state index contributed by atoms with van der Waals surface area (Å²) < 4.78 is 14.6. The zero-order chi connectivity index (χ0) is 23.7.